The van der Waals surface area contributed by atoms with Crippen LogP contribution in [0.4, 0.5) is 0 Å². The molecule has 1 fully saturated rings. The summed E-state index contributed by atoms with van der Waals surface area (Å²) in [7, 11) is 2.22. The van der Waals surface area contributed by atoms with Gasteiger partial charge in [0.25, 0.3) is 0 Å². The van der Waals surface area contributed by atoms with Crippen LogP contribution in [0.5, 0.6) is 0 Å². The van der Waals surface area contributed by atoms with E-state index in [0.29, 0.717) is 67.5 Å². The summed E-state index contributed by atoms with van der Waals surface area (Å²) in [6.07, 6.45) is 26.5. The maximum absolute atomic E-state index is 12.4. The summed E-state index contributed by atoms with van der Waals surface area (Å²) >= 11 is 0. The Labute approximate surface area is 355 Å². The first-order chi connectivity index (χ1) is 27.4. The molecular weight excluding hydrogens is 709 g/mol. The van der Waals surface area contributed by atoms with E-state index in [9.17, 15) is 9.59 Å². The van der Waals surface area contributed by atoms with E-state index in [-0.39, 0.29) is 11.9 Å². The number of ether oxygens (including phenoxy) is 3. The van der Waals surface area contributed by atoms with Crippen molar-refractivity contribution >= 4 is 11.9 Å². The fourth-order valence-electron chi connectivity index (χ4n) is 8.05. The molecule has 0 spiro atoms. The van der Waals surface area contributed by atoms with Crippen LogP contribution in [0.1, 0.15) is 203 Å². The highest BCUT2D eigenvalue weighted by Gasteiger charge is 2.18. The minimum atomic E-state index is -0.00490. The highest BCUT2D eigenvalue weighted by Crippen LogP contribution is 2.23. The Hall–Kier alpha value is -1.18. The average Bonchev–Trinajstić information content (AvgIpc) is 3.16. The quantitative estimate of drug-likeness (QED) is 0.0455. The predicted molar refractivity (Wildman–Crippen MR) is 243 cm³/mol. The zero-order chi connectivity index (χ0) is 42.1. The SMILES string of the molecule is CC(C)CCC(COC(=O)CCCCCCCCCC(CCCCCCCCCC(=O)OCC(CCC(C)C)C(C)C)COCCCN1CCN(C)CC1)C(C)C. The van der Waals surface area contributed by atoms with Gasteiger partial charge in [0.1, 0.15) is 0 Å². The lowest BCUT2D eigenvalue weighted by molar-refractivity contribution is -0.146. The Kier molecular flexibility index (Phi) is 33.6. The van der Waals surface area contributed by atoms with E-state index in [1.54, 1.807) is 0 Å². The second kappa shape index (κ2) is 35.6. The molecule has 338 valence electrons. The molecule has 1 aliphatic rings. The van der Waals surface area contributed by atoms with Gasteiger partial charge in [-0.3, -0.25) is 9.59 Å². The van der Waals surface area contributed by atoms with Gasteiger partial charge < -0.3 is 24.0 Å². The topological polar surface area (TPSA) is 68.3 Å². The van der Waals surface area contributed by atoms with Crippen molar-refractivity contribution in [3.8, 4) is 0 Å². The molecule has 0 aromatic rings. The number of unbranched alkanes of at least 4 members (excludes halogenated alkanes) is 12. The van der Waals surface area contributed by atoms with Crippen LogP contribution >= 0.6 is 0 Å². The number of hydrogen-bond acceptors (Lipinski definition) is 7. The third kappa shape index (κ3) is 32.3. The highest BCUT2D eigenvalue weighted by molar-refractivity contribution is 5.69. The fraction of sp³-hybridized carbons (Fsp3) is 0.960. The van der Waals surface area contributed by atoms with E-state index < -0.39 is 0 Å². The lowest BCUT2D eigenvalue weighted by atomic mass is 9.89. The van der Waals surface area contributed by atoms with Gasteiger partial charge in [0.15, 0.2) is 0 Å². The van der Waals surface area contributed by atoms with Crippen LogP contribution in [0.15, 0.2) is 0 Å². The summed E-state index contributed by atoms with van der Waals surface area (Å²) in [5, 5.41) is 0. The van der Waals surface area contributed by atoms with Gasteiger partial charge in [-0.15, -0.1) is 0 Å². The second-order valence-electron chi connectivity index (χ2n) is 19.8. The van der Waals surface area contributed by atoms with Gasteiger partial charge in [0.2, 0.25) is 0 Å². The number of esters is 2. The molecule has 2 atom stereocenters. The average molecular weight is 807 g/mol. The van der Waals surface area contributed by atoms with E-state index in [1.807, 2.05) is 0 Å². The molecule has 0 aromatic heterocycles. The number of rotatable bonds is 38. The van der Waals surface area contributed by atoms with Gasteiger partial charge in [-0.1, -0.05) is 145 Å². The van der Waals surface area contributed by atoms with E-state index in [1.165, 1.54) is 116 Å². The van der Waals surface area contributed by atoms with Crippen LogP contribution in [-0.4, -0.2) is 87.9 Å². The van der Waals surface area contributed by atoms with Crippen molar-refractivity contribution in [1.82, 2.24) is 9.80 Å². The van der Waals surface area contributed by atoms with Gasteiger partial charge in [0, 0.05) is 58.8 Å². The molecule has 0 N–H and O–H groups in total. The molecule has 57 heavy (non-hydrogen) atoms. The van der Waals surface area contributed by atoms with Gasteiger partial charge in [-0.05, 0) is 93.4 Å². The molecule has 0 radical (unpaired) electrons. The Bertz CT molecular complexity index is 874. The first-order valence-electron chi connectivity index (χ1n) is 24.7. The molecule has 1 heterocycles. The number of carbonyl (C=O) groups is 2. The molecule has 7 heteroatoms. The molecule has 0 aromatic carbocycles. The van der Waals surface area contributed by atoms with E-state index in [4.69, 9.17) is 14.2 Å². The van der Waals surface area contributed by atoms with Crippen LogP contribution in [0.25, 0.3) is 0 Å². The zero-order valence-corrected chi connectivity index (χ0v) is 39.6. The van der Waals surface area contributed by atoms with Crippen LogP contribution < -0.4 is 0 Å². The minimum Gasteiger partial charge on any atom is -0.465 e. The largest absolute Gasteiger partial charge is 0.465 e. The van der Waals surface area contributed by atoms with Crippen molar-refractivity contribution in [1.29, 1.82) is 0 Å². The summed E-state index contributed by atoms with van der Waals surface area (Å²) in [6, 6.07) is 0. The first kappa shape index (κ1) is 53.8. The summed E-state index contributed by atoms with van der Waals surface area (Å²) in [4.78, 5) is 29.7. The van der Waals surface area contributed by atoms with Crippen LogP contribution in [-0.2, 0) is 23.8 Å². The number of piperazine rings is 1. The van der Waals surface area contributed by atoms with Crippen molar-refractivity contribution < 1.29 is 23.8 Å². The summed E-state index contributed by atoms with van der Waals surface area (Å²) in [5.41, 5.74) is 0. The number of nitrogens with zero attached hydrogens (tertiary/aromatic N) is 2. The normalized spacial score (nSPS) is 15.9. The molecule has 1 saturated heterocycles. The molecule has 1 rings (SSSR count). The monoisotopic (exact) mass is 807 g/mol. The molecule has 0 amide bonds. The Balaban J connectivity index is 2.23. The van der Waals surface area contributed by atoms with Crippen LogP contribution in [0.3, 0.4) is 0 Å². The Morgan fingerprint density at radius 1 is 0.474 bits per heavy atom. The zero-order valence-electron chi connectivity index (χ0n) is 39.6. The van der Waals surface area contributed by atoms with Crippen molar-refractivity contribution in [3.05, 3.63) is 0 Å². The van der Waals surface area contributed by atoms with Crippen molar-refractivity contribution in [2.75, 3.05) is 66.2 Å². The molecule has 0 saturated carbocycles. The lowest BCUT2D eigenvalue weighted by Gasteiger charge is -2.32. The number of hydrogen-bond donors (Lipinski definition) is 0. The standard InChI is InChI=1S/C50H98N2O5/c1-42(2)29-31-47(44(5)6)40-56-49(53)27-22-18-14-10-12-16-20-25-46(39-55-38-24-33-52-36-34-51(9)35-37-52)26-21-17-13-11-15-19-23-28-50(54)57-41-48(45(7)8)32-30-43(3)4/h42-48H,10-41H2,1-9H3. The number of carbonyl (C=O) groups excluding carboxylic acids is 2. The molecule has 7 nitrogen and oxygen atoms in total. The molecule has 0 bridgehead atoms. The Morgan fingerprint density at radius 3 is 1.28 bits per heavy atom. The van der Waals surface area contributed by atoms with Crippen molar-refractivity contribution in [3.63, 3.8) is 0 Å². The Morgan fingerprint density at radius 2 is 0.877 bits per heavy atom. The maximum Gasteiger partial charge on any atom is 0.305 e. The summed E-state index contributed by atoms with van der Waals surface area (Å²) < 4.78 is 17.7. The van der Waals surface area contributed by atoms with E-state index >= 15 is 0 Å². The smallest absolute Gasteiger partial charge is 0.305 e. The maximum atomic E-state index is 12.4. The number of likely N-dealkylation sites (N-methyl/N-ethyl adjacent to an activating group) is 1. The second-order valence-corrected chi connectivity index (χ2v) is 19.8. The van der Waals surface area contributed by atoms with Crippen molar-refractivity contribution in [2.45, 2.75) is 203 Å². The third-order valence-corrected chi connectivity index (χ3v) is 12.7. The predicted octanol–water partition coefficient (Wildman–Crippen LogP) is 12.8. The van der Waals surface area contributed by atoms with Gasteiger partial charge in [-0.2, -0.15) is 0 Å². The molecule has 0 aliphatic carbocycles. The fourth-order valence-corrected chi connectivity index (χ4v) is 8.05. The highest BCUT2D eigenvalue weighted by atomic mass is 16.5. The van der Waals surface area contributed by atoms with Gasteiger partial charge in [-0.25, -0.2) is 0 Å². The molecular formula is C50H98N2O5. The van der Waals surface area contributed by atoms with E-state index in [0.717, 1.165) is 64.7 Å². The summed E-state index contributed by atoms with van der Waals surface area (Å²) in [5.74, 6) is 4.14. The van der Waals surface area contributed by atoms with Gasteiger partial charge >= 0.3 is 11.9 Å². The van der Waals surface area contributed by atoms with Crippen LogP contribution in [0, 0.1) is 41.4 Å². The van der Waals surface area contributed by atoms with Crippen molar-refractivity contribution in [2.24, 2.45) is 41.4 Å². The minimum absolute atomic E-state index is 0.00490. The molecule has 2 unspecified atom stereocenters. The first-order valence-corrected chi connectivity index (χ1v) is 24.7. The summed E-state index contributed by atoms with van der Waals surface area (Å²) in [6.45, 7) is 26.9. The third-order valence-electron chi connectivity index (χ3n) is 12.7. The lowest BCUT2D eigenvalue weighted by Crippen LogP contribution is -2.44. The molecule has 1 aliphatic heterocycles. The van der Waals surface area contributed by atoms with E-state index in [2.05, 4.69) is 72.2 Å². The van der Waals surface area contributed by atoms with Gasteiger partial charge in [0.05, 0.1) is 13.2 Å². The van der Waals surface area contributed by atoms with Crippen LogP contribution in [0.2, 0.25) is 0 Å².